The third-order valence-corrected chi connectivity index (χ3v) is 2.39. The third kappa shape index (κ3) is 3.61. The van der Waals surface area contributed by atoms with E-state index in [1.165, 1.54) is 11.3 Å². The van der Waals surface area contributed by atoms with Crippen LogP contribution in [0.25, 0.3) is 0 Å². The number of carbonyl (C=O) groups excluding carboxylic acids is 2. The van der Waals surface area contributed by atoms with Gasteiger partial charge >= 0.3 is 11.9 Å². The maximum Gasteiger partial charge on any atom is 0.323 e. The molecule has 0 atom stereocenters. The Morgan fingerprint density at radius 2 is 2.23 bits per heavy atom. The first kappa shape index (κ1) is 10.3. The Bertz CT molecular complexity index is 292. The van der Waals surface area contributed by atoms with Crippen molar-refractivity contribution in [3.8, 4) is 0 Å². The molecule has 0 saturated heterocycles. The summed E-state index contributed by atoms with van der Waals surface area (Å²) in [4.78, 5) is 22.5. The molecule has 0 bridgehead atoms. The first-order valence-electron chi connectivity index (χ1n) is 3.59. The molecule has 0 radical (unpaired) electrons. The van der Waals surface area contributed by atoms with E-state index in [9.17, 15) is 9.59 Å². The zero-order valence-electron chi connectivity index (χ0n) is 6.73. The fraction of sp³-hybridized carbons (Fsp3) is 0.250. The van der Waals surface area contributed by atoms with E-state index in [1.54, 1.807) is 0 Å². The van der Waals surface area contributed by atoms with Gasteiger partial charge in [-0.05, 0) is 11.4 Å². The predicted molar refractivity (Wildman–Crippen MR) is 53.0 cm³/mol. The molecule has 0 aliphatic rings. The van der Waals surface area contributed by atoms with Crippen molar-refractivity contribution in [1.29, 1.82) is 0 Å². The summed E-state index contributed by atoms with van der Waals surface area (Å²) in [6, 6.07) is 3.66. The van der Waals surface area contributed by atoms with Crippen molar-refractivity contribution in [3.05, 3.63) is 22.4 Å². The lowest BCUT2D eigenvalue weighted by atomic mass is 10.3. The summed E-state index contributed by atoms with van der Waals surface area (Å²) in [5, 5.41) is 1.86. The largest absolute Gasteiger partial charge is 0.392 e. The van der Waals surface area contributed by atoms with Crippen LogP contribution in [0.4, 0.5) is 0 Å². The zero-order valence-corrected chi connectivity index (χ0v) is 8.44. The van der Waals surface area contributed by atoms with Crippen molar-refractivity contribution in [2.45, 2.75) is 6.42 Å². The van der Waals surface area contributed by atoms with Crippen molar-refractivity contribution < 1.29 is 14.3 Å². The summed E-state index contributed by atoms with van der Waals surface area (Å²) in [6.45, 7) is 0. The third-order valence-electron chi connectivity index (χ3n) is 1.26. The number of esters is 2. The van der Waals surface area contributed by atoms with Crippen molar-refractivity contribution in [2.75, 3.05) is 5.75 Å². The molecule has 1 rings (SSSR count). The van der Waals surface area contributed by atoms with Gasteiger partial charge < -0.3 is 4.74 Å². The Kier molecular flexibility index (Phi) is 3.98. The minimum atomic E-state index is -0.607. The van der Waals surface area contributed by atoms with E-state index in [0.29, 0.717) is 0 Å². The van der Waals surface area contributed by atoms with Crippen molar-refractivity contribution >= 4 is 35.9 Å². The number of ether oxygens (including phenoxy) is 1. The number of rotatable bonds is 3. The SMILES string of the molecule is O=C(CS)OC(=O)Cc1cccs1. The van der Waals surface area contributed by atoms with Gasteiger partial charge in [0.25, 0.3) is 0 Å². The summed E-state index contributed by atoms with van der Waals surface area (Å²) in [5.74, 6) is -1.21. The number of hydrogen-bond donors (Lipinski definition) is 1. The van der Waals surface area contributed by atoms with Crippen LogP contribution in [0.3, 0.4) is 0 Å². The average Bonchev–Trinajstić information content (AvgIpc) is 2.56. The molecule has 1 heterocycles. The first-order chi connectivity index (χ1) is 6.22. The topological polar surface area (TPSA) is 43.4 Å². The summed E-state index contributed by atoms with van der Waals surface area (Å²) < 4.78 is 4.43. The van der Waals surface area contributed by atoms with E-state index in [2.05, 4.69) is 17.4 Å². The van der Waals surface area contributed by atoms with Crippen LogP contribution in [-0.4, -0.2) is 17.7 Å². The van der Waals surface area contributed by atoms with Crippen LogP contribution in [0.1, 0.15) is 4.88 Å². The lowest BCUT2D eigenvalue weighted by Gasteiger charge is -1.98. The van der Waals surface area contributed by atoms with Crippen LogP contribution < -0.4 is 0 Å². The second-order valence-electron chi connectivity index (χ2n) is 2.26. The summed E-state index contributed by atoms with van der Waals surface area (Å²) in [6.07, 6.45) is 0.150. The van der Waals surface area contributed by atoms with Gasteiger partial charge in [-0.15, -0.1) is 11.3 Å². The molecule has 0 spiro atoms. The van der Waals surface area contributed by atoms with Crippen molar-refractivity contribution in [2.24, 2.45) is 0 Å². The smallest absolute Gasteiger partial charge is 0.323 e. The Labute approximate surface area is 85.1 Å². The van der Waals surface area contributed by atoms with Gasteiger partial charge in [0.2, 0.25) is 0 Å². The normalized spacial score (nSPS) is 9.62. The molecule has 0 aliphatic carbocycles. The summed E-state index contributed by atoms with van der Waals surface area (Å²) >= 11 is 5.13. The van der Waals surface area contributed by atoms with E-state index < -0.39 is 11.9 Å². The highest BCUT2D eigenvalue weighted by atomic mass is 32.1. The second kappa shape index (κ2) is 5.04. The maximum absolute atomic E-state index is 11.0. The molecule has 3 nitrogen and oxygen atoms in total. The van der Waals surface area contributed by atoms with Crippen molar-refractivity contribution in [3.63, 3.8) is 0 Å². The molecular weight excluding hydrogens is 208 g/mol. The second-order valence-corrected chi connectivity index (χ2v) is 3.61. The van der Waals surface area contributed by atoms with Gasteiger partial charge in [-0.2, -0.15) is 12.6 Å². The molecule has 0 N–H and O–H groups in total. The molecule has 0 aliphatic heterocycles. The monoisotopic (exact) mass is 216 g/mol. The number of thiophene rings is 1. The first-order valence-corrected chi connectivity index (χ1v) is 5.10. The fourth-order valence-corrected chi connectivity index (χ4v) is 1.51. The predicted octanol–water partition coefficient (Wildman–Crippen LogP) is 1.29. The van der Waals surface area contributed by atoms with E-state index in [4.69, 9.17) is 0 Å². The quantitative estimate of drug-likeness (QED) is 0.470. The molecule has 0 fully saturated rings. The minimum Gasteiger partial charge on any atom is -0.392 e. The summed E-state index contributed by atoms with van der Waals surface area (Å²) in [5.41, 5.74) is 0. The molecule has 1 aromatic rings. The van der Waals surface area contributed by atoms with E-state index in [1.807, 2.05) is 17.5 Å². The van der Waals surface area contributed by atoms with E-state index in [0.717, 1.165) is 4.88 Å². The van der Waals surface area contributed by atoms with Crippen LogP contribution in [0, 0.1) is 0 Å². The van der Waals surface area contributed by atoms with E-state index >= 15 is 0 Å². The van der Waals surface area contributed by atoms with Crippen LogP contribution in [-0.2, 0) is 20.7 Å². The van der Waals surface area contributed by atoms with Gasteiger partial charge in [-0.1, -0.05) is 6.07 Å². The van der Waals surface area contributed by atoms with Crippen LogP contribution in [0.15, 0.2) is 17.5 Å². The van der Waals surface area contributed by atoms with Crippen LogP contribution in [0.5, 0.6) is 0 Å². The van der Waals surface area contributed by atoms with E-state index in [-0.39, 0.29) is 12.2 Å². The van der Waals surface area contributed by atoms with Gasteiger partial charge in [0.1, 0.15) is 0 Å². The Morgan fingerprint density at radius 1 is 1.46 bits per heavy atom. The standard InChI is InChI=1S/C8H8O3S2/c9-7(11-8(10)5-12)4-6-2-1-3-13-6/h1-3,12H,4-5H2. The zero-order chi connectivity index (χ0) is 9.68. The molecule has 70 valence electrons. The Balaban J connectivity index is 2.38. The number of hydrogen-bond acceptors (Lipinski definition) is 5. The van der Waals surface area contributed by atoms with Gasteiger partial charge in [-0.3, -0.25) is 9.59 Å². The van der Waals surface area contributed by atoms with Gasteiger partial charge in [0.05, 0.1) is 12.2 Å². The molecular formula is C8H8O3S2. The molecule has 5 heteroatoms. The number of carbonyl (C=O) groups is 2. The Hall–Kier alpha value is -0.810. The molecule has 0 unspecified atom stereocenters. The number of thiol groups is 1. The highest BCUT2D eigenvalue weighted by molar-refractivity contribution is 7.81. The van der Waals surface area contributed by atoms with Gasteiger partial charge in [-0.25, -0.2) is 0 Å². The molecule has 0 saturated carbocycles. The Morgan fingerprint density at radius 3 is 2.77 bits per heavy atom. The average molecular weight is 216 g/mol. The highest BCUT2D eigenvalue weighted by Gasteiger charge is 2.09. The molecule has 0 amide bonds. The van der Waals surface area contributed by atoms with Gasteiger partial charge in [0.15, 0.2) is 0 Å². The fourth-order valence-electron chi connectivity index (χ4n) is 0.751. The van der Waals surface area contributed by atoms with Crippen LogP contribution in [0.2, 0.25) is 0 Å². The van der Waals surface area contributed by atoms with Gasteiger partial charge in [0, 0.05) is 4.88 Å². The molecule has 1 aromatic heterocycles. The minimum absolute atomic E-state index is 0.0732. The van der Waals surface area contributed by atoms with Crippen LogP contribution >= 0.6 is 24.0 Å². The molecule has 0 aromatic carbocycles. The molecule has 13 heavy (non-hydrogen) atoms. The lowest BCUT2D eigenvalue weighted by Crippen LogP contribution is -2.14. The van der Waals surface area contributed by atoms with Crippen molar-refractivity contribution in [1.82, 2.24) is 0 Å². The lowest BCUT2D eigenvalue weighted by molar-refractivity contribution is -0.157. The maximum atomic E-state index is 11.0. The summed E-state index contributed by atoms with van der Waals surface area (Å²) in [7, 11) is 0. The highest BCUT2D eigenvalue weighted by Crippen LogP contribution is 2.09.